The molecule has 0 aliphatic heterocycles. The van der Waals surface area contributed by atoms with Crippen molar-refractivity contribution in [2.24, 2.45) is 0 Å². The van der Waals surface area contributed by atoms with Crippen molar-refractivity contribution < 1.29 is 9.53 Å². The quantitative estimate of drug-likeness (QED) is 0.803. The van der Waals surface area contributed by atoms with Gasteiger partial charge in [-0.3, -0.25) is 9.78 Å². The van der Waals surface area contributed by atoms with Gasteiger partial charge in [0.15, 0.2) is 0 Å². The molecule has 0 spiro atoms. The molecule has 4 nitrogen and oxygen atoms in total. The van der Waals surface area contributed by atoms with Gasteiger partial charge in [-0.15, -0.1) is 0 Å². The van der Waals surface area contributed by atoms with E-state index in [9.17, 15) is 4.79 Å². The Morgan fingerprint density at radius 2 is 1.91 bits per heavy atom. The molecule has 0 unspecified atom stereocenters. The maximum absolute atomic E-state index is 12.5. The molecule has 1 heterocycles. The minimum atomic E-state index is -0.166. The maximum atomic E-state index is 12.5. The first-order chi connectivity index (χ1) is 11.2. The van der Waals surface area contributed by atoms with Crippen molar-refractivity contribution in [2.75, 3.05) is 7.11 Å². The number of nitrogens with one attached hydrogen (secondary N) is 1. The molecule has 0 saturated heterocycles. The highest BCUT2D eigenvalue weighted by Crippen LogP contribution is 2.21. The van der Waals surface area contributed by atoms with Gasteiger partial charge in [0.1, 0.15) is 11.4 Å². The Bertz CT molecular complexity index is 836. The molecule has 23 heavy (non-hydrogen) atoms. The summed E-state index contributed by atoms with van der Waals surface area (Å²) < 4.78 is 5.13. The number of pyridine rings is 1. The first-order valence-corrected chi connectivity index (χ1v) is 7.44. The number of aromatic nitrogens is 1. The molecular weight excluding hydrogens is 288 g/mol. The molecule has 0 radical (unpaired) electrons. The summed E-state index contributed by atoms with van der Waals surface area (Å²) in [5.74, 6) is 0.632. The van der Waals surface area contributed by atoms with Gasteiger partial charge in [0, 0.05) is 18.1 Å². The number of carbonyl (C=O) groups is 1. The Balaban J connectivity index is 1.80. The van der Waals surface area contributed by atoms with Crippen LogP contribution in [-0.2, 0) is 6.54 Å². The molecule has 1 aromatic heterocycles. The van der Waals surface area contributed by atoms with Crippen molar-refractivity contribution in [1.29, 1.82) is 0 Å². The second-order valence-electron chi connectivity index (χ2n) is 5.36. The van der Waals surface area contributed by atoms with Gasteiger partial charge >= 0.3 is 0 Å². The van der Waals surface area contributed by atoms with Crippen LogP contribution >= 0.6 is 0 Å². The topological polar surface area (TPSA) is 51.2 Å². The Labute approximate surface area is 135 Å². The summed E-state index contributed by atoms with van der Waals surface area (Å²) in [6, 6.07) is 15.5. The molecule has 0 atom stereocenters. The predicted octanol–water partition coefficient (Wildman–Crippen LogP) is 3.48. The number of hydrogen-bond acceptors (Lipinski definition) is 3. The van der Waals surface area contributed by atoms with Crippen LogP contribution in [0.25, 0.3) is 10.8 Å². The largest absolute Gasteiger partial charge is 0.497 e. The van der Waals surface area contributed by atoms with Crippen LogP contribution in [0.5, 0.6) is 5.75 Å². The Morgan fingerprint density at radius 3 is 2.65 bits per heavy atom. The fraction of sp³-hybridized carbons (Fsp3) is 0.158. The van der Waals surface area contributed by atoms with E-state index >= 15 is 0 Å². The van der Waals surface area contributed by atoms with Crippen molar-refractivity contribution in [3.8, 4) is 5.75 Å². The van der Waals surface area contributed by atoms with Crippen LogP contribution in [0.15, 0.2) is 54.7 Å². The van der Waals surface area contributed by atoms with Crippen molar-refractivity contribution in [2.45, 2.75) is 13.5 Å². The van der Waals surface area contributed by atoms with Crippen molar-refractivity contribution in [1.82, 2.24) is 10.3 Å². The van der Waals surface area contributed by atoms with Gasteiger partial charge < -0.3 is 10.1 Å². The fourth-order valence-electron chi connectivity index (χ4n) is 2.59. The van der Waals surface area contributed by atoms with E-state index in [-0.39, 0.29) is 5.91 Å². The van der Waals surface area contributed by atoms with Crippen LogP contribution in [0.3, 0.4) is 0 Å². The van der Waals surface area contributed by atoms with Crippen molar-refractivity contribution >= 4 is 16.7 Å². The highest BCUT2D eigenvalue weighted by Gasteiger charge is 2.12. The SMILES string of the molecule is COc1ccc(CNC(=O)c2nccc3cccc(C)c23)cc1. The first kappa shape index (κ1) is 15.0. The summed E-state index contributed by atoms with van der Waals surface area (Å²) in [5.41, 5.74) is 2.52. The summed E-state index contributed by atoms with van der Waals surface area (Å²) in [6.07, 6.45) is 1.67. The highest BCUT2D eigenvalue weighted by molar-refractivity contribution is 6.06. The Hall–Kier alpha value is -2.88. The summed E-state index contributed by atoms with van der Waals surface area (Å²) in [7, 11) is 1.63. The second-order valence-corrected chi connectivity index (χ2v) is 5.36. The number of hydrogen-bond donors (Lipinski definition) is 1. The van der Waals surface area contributed by atoms with E-state index < -0.39 is 0 Å². The second kappa shape index (κ2) is 6.48. The van der Waals surface area contributed by atoms with E-state index in [0.717, 1.165) is 27.6 Å². The number of carbonyl (C=O) groups excluding carboxylic acids is 1. The molecular formula is C19H18N2O2. The maximum Gasteiger partial charge on any atom is 0.270 e. The molecule has 3 aromatic rings. The van der Waals surface area contributed by atoms with Crippen molar-refractivity contribution in [3.05, 3.63) is 71.5 Å². The minimum Gasteiger partial charge on any atom is -0.497 e. The number of amides is 1. The number of methoxy groups -OCH3 is 1. The lowest BCUT2D eigenvalue weighted by Crippen LogP contribution is -2.24. The molecule has 0 aliphatic rings. The summed E-state index contributed by atoms with van der Waals surface area (Å²) in [4.78, 5) is 16.8. The number of fused-ring (bicyclic) bond motifs is 1. The number of rotatable bonds is 4. The molecule has 3 rings (SSSR count). The third-order valence-electron chi connectivity index (χ3n) is 3.83. The van der Waals surface area contributed by atoms with Gasteiger partial charge in [-0.25, -0.2) is 0 Å². The number of aryl methyl sites for hydroxylation is 1. The van der Waals surface area contributed by atoms with Gasteiger partial charge in [0.25, 0.3) is 5.91 Å². The molecule has 1 N–H and O–H groups in total. The molecule has 116 valence electrons. The predicted molar refractivity (Wildman–Crippen MR) is 90.6 cm³/mol. The minimum absolute atomic E-state index is 0.166. The van der Waals surface area contributed by atoms with E-state index in [1.165, 1.54) is 0 Å². The third kappa shape index (κ3) is 3.16. The molecule has 0 saturated carbocycles. The van der Waals surface area contributed by atoms with Gasteiger partial charge in [-0.05, 0) is 41.6 Å². The number of ether oxygens (including phenoxy) is 1. The Morgan fingerprint density at radius 1 is 1.13 bits per heavy atom. The zero-order valence-corrected chi connectivity index (χ0v) is 13.2. The average molecular weight is 306 g/mol. The molecule has 1 amide bonds. The van der Waals surface area contributed by atoms with E-state index in [1.54, 1.807) is 13.3 Å². The van der Waals surface area contributed by atoms with Crippen LogP contribution in [-0.4, -0.2) is 18.0 Å². The van der Waals surface area contributed by atoms with Crippen LogP contribution in [0.1, 0.15) is 21.6 Å². The van der Waals surface area contributed by atoms with Crippen LogP contribution in [0.2, 0.25) is 0 Å². The van der Waals surface area contributed by atoms with Crippen LogP contribution < -0.4 is 10.1 Å². The van der Waals surface area contributed by atoms with E-state index in [1.807, 2.05) is 55.5 Å². The monoisotopic (exact) mass is 306 g/mol. The smallest absolute Gasteiger partial charge is 0.270 e. The first-order valence-electron chi connectivity index (χ1n) is 7.44. The molecule has 2 aromatic carbocycles. The van der Waals surface area contributed by atoms with E-state index in [0.29, 0.717) is 12.2 Å². The van der Waals surface area contributed by atoms with Crippen LogP contribution in [0, 0.1) is 6.92 Å². The zero-order valence-electron chi connectivity index (χ0n) is 13.2. The zero-order chi connectivity index (χ0) is 16.2. The van der Waals surface area contributed by atoms with Gasteiger partial charge in [0.2, 0.25) is 0 Å². The van der Waals surface area contributed by atoms with Crippen molar-refractivity contribution in [3.63, 3.8) is 0 Å². The lowest BCUT2D eigenvalue weighted by atomic mass is 10.0. The average Bonchev–Trinajstić information content (AvgIpc) is 2.60. The fourth-order valence-corrected chi connectivity index (χ4v) is 2.59. The molecule has 0 bridgehead atoms. The van der Waals surface area contributed by atoms with Gasteiger partial charge in [-0.2, -0.15) is 0 Å². The van der Waals surface area contributed by atoms with Gasteiger partial charge in [0.05, 0.1) is 7.11 Å². The lowest BCUT2D eigenvalue weighted by Gasteiger charge is -2.09. The van der Waals surface area contributed by atoms with Crippen LogP contribution in [0.4, 0.5) is 0 Å². The lowest BCUT2D eigenvalue weighted by molar-refractivity contribution is 0.0947. The number of benzene rings is 2. The summed E-state index contributed by atoms with van der Waals surface area (Å²) >= 11 is 0. The highest BCUT2D eigenvalue weighted by atomic mass is 16.5. The molecule has 0 aliphatic carbocycles. The standard InChI is InChI=1S/C19H18N2O2/c1-13-4-3-5-15-10-11-20-18(17(13)15)19(22)21-12-14-6-8-16(23-2)9-7-14/h3-11H,12H2,1-2H3,(H,21,22). The third-order valence-corrected chi connectivity index (χ3v) is 3.83. The Kier molecular flexibility index (Phi) is 4.24. The molecule has 4 heteroatoms. The number of nitrogens with zero attached hydrogens (tertiary/aromatic N) is 1. The van der Waals surface area contributed by atoms with E-state index in [4.69, 9.17) is 4.74 Å². The normalized spacial score (nSPS) is 10.5. The van der Waals surface area contributed by atoms with E-state index in [2.05, 4.69) is 10.3 Å². The molecule has 0 fully saturated rings. The summed E-state index contributed by atoms with van der Waals surface area (Å²) in [6.45, 7) is 2.44. The van der Waals surface area contributed by atoms with Gasteiger partial charge in [-0.1, -0.05) is 30.3 Å². The summed E-state index contributed by atoms with van der Waals surface area (Å²) in [5, 5.41) is 4.86.